The van der Waals surface area contributed by atoms with Crippen molar-refractivity contribution in [1.82, 2.24) is 4.90 Å². The van der Waals surface area contributed by atoms with Crippen molar-refractivity contribution < 1.29 is 4.79 Å². The van der Waals surface area contributed by atoms with E-state index in [-0.39, 0.29) is 9.83 Å². The maximum Gasteiger partial charge on any atom is 0.240 e. The molecule has 0 aliphatic carbocycles. The molecular formula is C13H14INO. The van der Waals surface area contributed by atoms with E-state index >= 15 is 0 Å². The summed E-state index contributed by atoms with van der Waals surface area (Å²) in [7, 11) is 1.85. The fourth-order valence-corrected chi connectivity index (χ4v) is 2.60. The van der Waals surface area contributed by atoms with Gasteiger partial charge in [-0.3, -0.25) is 4.79 Å². The van der Waals surface area contributed by atoms with Gasteiger partial charge in [0.2, 0.25) is 5.91 Å². The topological polar surface area (TPSA) is 20.3 Å². The Hall–Kier alpha value is -0.840. The van der Waals surface area contributed by atoms with Gasteiger partial charge in [0.15, 0.2) is 0 Å². The van der Waals surface area contributed by atoms with Crippen molar-refractivity contribution in [1.29, 1.82) is 0 Å². The minimum absolute atomic E-state index is 0.0790. The van der Waals surface area contributed by atoms with Crippen molar-refractivity contribution in [2.75, 3.05) is 7.05 Å². The van der Waals surface area contributed by atoms with Gasteiger partial charge >= 0.3 is 0 Å². The first-order valence-corrected chi connectivity index (χ1v) is 6.53. The van der Waals surface area contributed by atoms with Crippen molar-refractivity contribution in [2.24, 2.45) is 0 Å². The van der Waals surface area contributed by atoms with Crippen LogP contribution in [0.3, 0.4) is 0 Å². The first kappa shape index (κ1) is 11.6. The summed E-state index contributed by atoms with van der Waals surface area (Å²) in [5.41, 5.74) is 3.40. The average molecular weight is 327 g/mol. The Morgan fingerprint density at radius 2 is 2.06 bits per heavy atom. The summed E-state index contributed by atoms with van der Waals surface area (Å²) in [4.78, 5) is 13.7. The molecule has 0 radical (unpaired) electrons. The number of hydrogen-bond acceptors (Lipinski definition) is 1. The van der Waals surface area contributed by atoms with Crippen LogP contribution in [-0.2, 0) is 4.79 Å². The van der Waals surface area contributed by atoms with E-state index in [0.717, 1.165) is 17.7 Å². The summed E-state index contributed by atoms with van der Waals surface area (Å²) in [6.45, 7) is 2.07. The van der Waals surface area contributed by atoms with Gasteiger partial charge < -0.3 is 4.90 Å². The van der Waals surface area contributed by atoms with Crippen molar-refractivity contribution in [3.05, 3.63) is 41.5 Å². The molecule has 0 bridgehead atoms. The Morgan fingerprint density at radius 1 is 1.38 bits per heavy atom. The minimum Gasteiger partial charge on any atom is -0.314 e. The number of allylic oxidation sites excluding steroid dienone is 1. The summed E-state index contributed by atoms with van der Waals surface area (Å²) in [6.07, 6.45) is 2.98. The lowest BCUT2D eigenvalue weighted by Crippen LogP contribution is -2.35. The van der Waals surface area contributed by atoms with E-state index in [1.807, 2.05) is 19.2 Å². The molecule has 1 aliphatic heterocycles. The van der Waals surface area contributed by atoms with Gasteiger partial charge in [0, 0.05) is 18.3 Å². The van der Waals surface area contributed by atoms with Gasteiger partial charge in [-0.2, -0.15) is 0 Å². The molecule has 1 unspecified atom stereocenters. The number of hydrogen-bond donors (Lipinski definition) is 0. The van der Waals surface area contributed by atoms with Crippen molar-refractivity contribution in [2.45, 2.75) is 17.3 Å². The van der Waals surface area contributed by atoms with E-state index in [4.69, 9.17) is 0 Å². The minimum atomic E-state index is 0.0790. The monoisotopic (exact) mass is 327 g/mol. The van der Waals surface area contributed by atoms with Crippen LogP contribution in [0, 0.1) is 6.92 Å². The molecular weight excluding hydrogens is 313 g/mol. The fraction of sp³-hybridized carbons (Fsp3) is 0.308. The number of benzene rings is 1. The SMILES string of the molecule is Cc1ccccc1C1=CCC(I)C(=O)N1C. The summed E-state index contributed by atoms with van der Waals surface area (Å²) >= 11 is 2.20. The van der Waals surface area contributed by atoms with Crippen molar-refractivity contribution in [3.63, 3.8) is 0 Å². The van der Waals surface area contributed by atoms with Crippen LogP contribution < -0.4 is 0 Å². The third-order valence-corrected chi connectivity index (χ3v) is 3.94. The van der Waals surface area contributed by atoms with Gasteiger partial charge in [0.1, 0.15) is 0 Å². The zero-order chi connectivity index (χ0) is 11.7. The van der Waals surface area contributed by atoms with Crippen LogP contribution >= 0.6 is 22.6 Å². The van der Waals surface area contributed by atoms with E-state index in [2.05, 4.69) is 47.7 Å². The summed E-state index contributed by atoms with van der Waals surface area (Å²) in [6, 6.07) is 8.17. The zero-order valence-corrected chi connectivity index (χ0v) is 11.6. The Labute approximate surface area is 109 Å². The lowest BCUT2D eigenvalue weighted by atomic mass is 10.0. The third kappa shape index (κ3) is 2.00. The van der Waals surface area contributed by atoms with Crippen LogP contribution in [0.25, 0.3) is 5.70 Å². The summed E-state index contributed by atoms with van der Waals surface area (Å²) in [5.74, 6) is 0.196. The molecule has 3 heteroatoms. The lowest BCUT2D eigenvalue weighted by molar-refractivity contribution is -0.126. The van der Waals surface area contributed by atoms with E-state index < -0.39 is 0 Å². The van der Waals surface area contributed by atoms with Crippen LogP contribution in [0.4, 0.5) is 0 Å². The standard InChI is InChI=1S/C13H14INO/c1-9-5-3-4-6-10(9)12-8-7-11(14)13(16)15(12)2/h3-6,8,11H,7H2,1-2H3. The van der Waals surface area contributed by atoms with E-state index in [1.54, 1.807) is 4.90 Å². The Balaban J connectivity index is 2.42. The van der Waals surface area contributed by atoms with Gasteiger partial charge in [0.25, 0.3) is 0 Å². The fourth-order valence-electron chi connectivity index (χ4n) is 1.93. The van der Waals surface area contributed by atoms with Gasteiger partial charge in [0.05, 0.1) is 3.92 Å². The van der Waals surface area contributed by atoms with Crippen LogP contribution in [0.1, 0.15) is 17.5 Å². The lowest BCUT2D eigenvalue weighted by Gasteiger charge is -2.28. The van der Waals surface area contributed by atoms with Gasteiger partial charge in [-0.1, -0.05) is 52.9 Å². The number of carbonyl (C=O) groups is 1. The van der Waals surface area contributed by atoms with Crippen LogP contribution in [-0.4, -0.2) is 21.8 Å². The predicted octanol–water partition coefficient (Wildman–Crippen LogP) is 3.00. The molecule has 1 aromatic rings. The normalized spacial score (nSPS) is 20.9. The molecule has 0 aromatic heterocycles. The number of halogens is 1. The highest BCUT2D eigenvalue weighted by atomic mass is 127. The second-order valence-electron chi connectivity index (χ2n) is 4.00. The second-order valence-corrected chi connectivity index (χ2v) is 5.51. The van der Waals surface area contributed by atoms with Gasteiger partial charge in [-0.15, -0.1) is 0 Å². The molecule has 2 nitrogen and oxygen atoms in total. The molecule has 1 aromatic carbocycles. The van der Waals surface area contributed by atoms with E-state index in [1.165, 1.54) is 5.56 Å². The Bertz CT molecular complexity index is 453. The van der Waals surface area contributed by atoms with Gasteiger partial charge in [-0.05, 0) is 18.9 Å². The maximum atomic E-state index is 11.9. The number of alkyl halides is 1. The molecule has 0 saturated heterocycles. The molecule has 1 amide bonds. The van der Waals surface area contributed by atoms with Crippen molar-refractivity contribution in [3.8, 4) is 0 Å². The third-order valence-electron chi connectivity index (χ3n) is 2.90. The Morgan fingerprint density at radius 3 is 2.75 bits per heavy atom. The molecule has 0 saturated carbocycles. The zero-order valence-electron chi connectivity index (χ0n) is 9.40. The molecule has 2 rings (SSSR count). The molecule has 1 atom stereocenters. The van der Waals surface area contributed by atoms with Gasteiger partial charge in [-0.25, -0.2) is 0 Å². The number of nitrogens with zero attached hydrogens (tertiary/aromatic N) is 1. The molecule has 1 heterocycles. The number of aryl methyl sites for hydroxylation is 1. The first-order chi connectivity index (χ1) is 7.61. The predicted molar refractivity (Wildman–Crippen MR) is 74.4 cm³/mol. The highest BCUT2D eigenvalue weighted by Crippen LogP contribution is 2.29. The molecule has 16 heavy (non-hydrogen) atoms. The summed E-state index contributed by atoms with van der Waals surface area (Å²) in [5, 5.41) is 0. The molecule has 0 fully saturated rings. The molecule has 0 N–H and O–H groups in total. The second kappa shape index (κ2) is 4.57. The average Bonchev–Trinajstić information content (AvgIpc) is 2.28. The first-order valence-electron chi connectivity index (χ1n) is 5.29. The smallest absolute Gasteiger partial charge is 0.240 e. The number of carbonyl (C=O) groups excluding carboxylic acids is 1. The summed E-state index contributed by atoms with van der Waals surface area (Å²) < 4.78 is 0.0790. The van der Waals surface area contributed by atoms with Crippen LogP contribution in [0.15, 0.2) is 30.3 Å². The largest absolute Gasteiger partial charge is 0.314 e. The maximum absolute atomic E-state index is 11.9. The molecule has 1 aliphatic rings. The quantitative estimate of drug-likeness (QED) is 0.574. The number of amides is 1. The highest BCUT2D eigenvalue weighted by Gasteiger charge is 2.26. The molecule has 0 spiro atoms. The van der Waals surface area contributed by atoms with Crippen LogP contribution in [0.2, 0.25) is 0 Å². The highest BCUT2D eigenvalue weighted by molar-refractivity contribution is 14.1. The van der Waals surface area contributed by atoms with E-state index in [0.29, 0.717) is 0 Å². The van der Waals surface area contributed by atoms with E-state index in [9.17, 15) is 4.79 Å². The van der Waals surface area contributed by atoms with Crippen LogP contribution in [0.5, 0.6) is 0 Å². The Kier molecular flexibility index (Phi) is 3.33. The van der Waals surface area contributed by atoms with Crippen molar-refractivity contribution >= 4 is 34.2 Å². The molecule has 84 valence electrons. The number of rotatable bonds is 1.